The summed E-state index contributed by atoms with van der Waals surface area (Å²) in [5, 5.41) is 14.1. The number of carbonyl (C=O) groups excluding carboxylic acids is 2. The standard InChI is InChI=1S/C25H21IN2O5/c1-14(24(30)31)27-23(29)15-10-16(26)12-17(11-15)28-25(32)33-13-22-20-8-4-2-6-18(20)19-7-3-5-9-21(19)22/h2-12,14,22H,13H2,1H3,(H,27,29)(H,28,32)(H,30,31)/t14-/m0/s1. The Kier molecular flexibility index (Phi) is 6.64. The fourth-order valence-electron chi connectivity index (χ4n) is 3.89. The van der Waals surface area contributed by atoms with Gasteiger partial charge >= 0.3 is 12.1 Å². The predicted octanol–water partition coefficient (Wildman–Crippen LogP) is 4.86. The van der Waals surface area contributed by atoms with Crippen LogP contribution in [0.15, 0.2) is 66.7 Å². The Bertz CT molecular complexity index is 1200. The van der Waals surface area contributed by atoms with Crippen molar-refractivity contribution in [2.75, 3.05) is 11.9 Å². The van der Waals surface area contributed by atoms with E-state index in [1.54, 1.807) is 12.1 Å². The molecule has 3 aromatic rings. The molecular formula is C25H21IN2O5. The molecule has 1 aliphatic carbocycles. The summed E-state index contributed by atoms with van der Waals surface area (Å²) in [4.78, 5) is 35.9. The SMILES string of the molecule is C[C@H](NC(=O)c1cc(I)cc(NC(=O)OCC2c3ccccc3-c3ccccc32)c1)C(=O)O. The van der Waals surface area contributed by atoms with Crippen LogP contribution in [0.3, 0.4) is 0 Å². The number of fused-ring (bicyclic) bond motifs is 3. The number of benzene rings is 3. The Morgan fingerprint density at radius 3 is 2.21 bits per heavy atom. The van der Waals surface area contributed by atoms with Gasteiger partial charge in [0.1, 0.15) is 12.6 Å². The minimum Gasteiger partial charge on any atom is -0.480 e. The van der Waals surface area contributed by atoms with Crippen molar-refractivity contribution >= 4 is 46.2 Å². The lowest BCUT2D eigenvalue weighted by Gasteiger charge is -2.15. The molecule has 0 saturated carbocycles. The first kappa shape index (κ1) is 22.8. The highest BCUT2D eigenvalue weighted by molar-refractivity contribution is 14.1. The molecule has 2 amide bonds. The second kappa shape index (κ2) is 9.62. The number of carbonyl (C=O) groups is 3. The Labute approximate surface area is 204 Å². The Morgan fingerprint density at radius 1 is 1.00 bits per heavy atom. The van der Waals surface area contributed by atoms with Gasteiger partial charge in [-0.1, -0.05) is 48.5 Å². The van der Waals surface area contributed by atoms with E-state index in [-0.39, 0.29) is 18.1 Å². The predicted molar refractivity (Wildman–Crippen MR) is 132 cm³/mol. The number of halogens is 1. The summed E-state index contributed by atoms with van der Waals surface area (Å²) in [6.07, 6.45) is -0.635. The fourth-order valence-corrected chi connectivity index (χ4v) is 4.56. The molecule has 3 N–H and O–H groups in total. The molecule has 0 radical (unpaired) electrons. The number of amides is 2. The second-order valence-corrected chi connectivity index (χ2v) is 8.96. The van der Waals surface area contributed by atoms with Crippen LogP contribution in [-0.2, 0) is 9.53 Å². The van der Waals surface area contributed by atoms with Crippen molar-refractivity contribution < 1.29 is 24.2 Å². The van der Waals surface area contributed by atoms with Crippen molar-refractivity contribution in [2.24, 2.45) is 0 Å². The van der Waals surface area contributed by atoms with Crippen LogP contribution in [0.5, 0.6) is 0 Å². The number of anilines is 1. The van der Waals surface area contributed by atoms with Crippen molar-refractivity contribution in [3.63, 3.8) is 0 Å². The van der Waals surface area contributed by atoms with Crippen molar-refractivity contribution in [3.05, 3.63) is 87.0 Å². The van der Waals surface area contributed by atoms with Crippen molar-refractivity contribution in [2.45, 2.75) is 18.9 Å². The minimum atomic E-state index is -1.13. The van der Waals surface area contributed by atoms with Crippen molar-refractivity contribution in [3.8, 4) is 11.1 Å². The zero-order valence-corrected chi connectivity index (χ0v) is 19.8. The monoisotopic (exact) mass is 556 g/mol. The molecule has 0 heterocycles. The first-order valence-electron chi connectivity index (χ1n) is 10.3. The number of rotatable bonds is 6. The van der Waals surface area contributed by atoms with E-state index in [4.69, 9.17) is 9.84 Å². The quantitative estimate of drug-likeness (QED) is 0.377. The Hall–Kier alpha value is -3.40. The molecule has 1 aliphatic rings. The number of ether oxygens (including phenoxy) is 1. The van der Waals surface area contributed by atoms with Gasteiger partial charge in [0.25, 0.3) is 5.91 Å². The molecule has 0 aliphatic heterocycles. The molecule has 8 heteroatoms. The van der Waals surface area contributed by atoms with Crippen LogP contribution in [0.1, 0.15) is 34.3 Å². The number of carboxylic acids is 1. The molecule has 4 rings (SSSR count). The van der Waals surface area contributed by atoms with Gasteiger partial charge < -0.3 is 15.2 Å². The van der Waals surface area contributed by atoms with Crippen molar-refractivity contribution in [1.29, 1.82) is 0 Å². The first-order valence-corrected chi connectivity index (χ1v) is 11.4. The molecule has 33 heavy (non-hydrogen) atoms. The highest BCUT2D eigenvalue weighted by Gasteiger charge is 2.29. The summed E-state index contributed by atoms with van der Waals surface area (Å²) >= 11 is 2.02. The summed E-state index contributed by atoms with van der Waals surface area (Å²) in [5.41, 5.74) is 5.15. The average Bonchev–Trinajstić information content (AvgIpc) is 3.11. The van der Waals surface area contributed by atoms with E-state index in [2.05, 4.69) is 22.8 Å². The zero-order chi connectivity index (χ0) is 23.5. The van der Waals surface area contributed by atoms with Crippen LogP contribution in [0, 0.1) is 3.57 Å². The summed E-state index contributed by atoms with van der Waals surface area (Å²) in [6, 6.07) is 19.9. The average molecular weight is 556 g/mol. The van der Waals surface area contributed by atoms with E-state index in [0.717, 1.165) is 22.3 Å². The highest BCUT2D eigenvalue weighted by Crippen LogP contribution is 2.44. The topological polar surface area (TPSA) is 105 Å². The molecular weight excluding hydrogens is 535 g/mol. The van der Waals surface area contributed by atoms with Gasteiger partial charge in [0.2, 0.25) is 0 Å². The molecule has 3 aromatic carbocycles. The number of hydrogen-bond acceptors (Lipinski definition) is 4. The lowest BCUT2D eigenvalue weighted by Crippen LogP contribution is -2.38. The van der Waals surface area contributed by atoms with Gasteiger partial charge in [-0.25, -0.2) is 4.79 Å². The van der Waals surface area contributed by atoms with Gasteiger partial charge in [0, 0.05) is 20.7 Å². The van der Waals surface area contributed by atoms with Crippen molar-refractivity contribution in [1.82, 2.24) is 5.32 Å². The van der Waals surface area contributed by atoms with Crippen LogP contribution in [0.25, 0.3) is 11.1 Å². The van der Waals surface area contributed by atoms with Crippen LogP contribution in [0.2, 0.25) is 0 Å². The van der Waals surface area contributed by atoms with Crippen LogP contribution in [-0.4, -0.2) is 35.7 Å². The molecule has 0 saturated heterocycles. The van der Waals surface area contributed by atoms with E-state index in [9.17, 15) is 14.4 Å². The molecule has 1 atom stereocenters. The molecule has 0 fully saturated rings. The van der Waals surface area contributed by atoms with Gasteiger partial charge in [0.15, 0.2) is 0 Å². The minimum absolute atomic E-state index is 0.0575. The van der Waals surface area contributed by atoms with Crippen LogP contribution < -0.4 is 10.6 Å². The lowest BCUT2D eigenvalue weighted by molar-refractivity contribution is -0.138. The molecule has 7 nitrogen and oxygen atoms in total. The van der Waals surface area contributed by atoms with E-state index < -0.39 is 24.0 Å². The van der Waals surface area contributed by atoms with Crippen LogP contribution in [0.4, 0.5) is 10.5 Å². The molecule has 0 bridgehead atoms. The molecule has 0 spiro atoms. The lowest BCUT2D eigenvalue weighted by atomic mass is 9.98. The summed E-state index contributed by atoms with van der Waals surface area (Å²) in [7, 11) is 0. The highest BCUT2D eigenvalue weighted by atomic mass is 127. The van der Waals surface area contributed by atoms with Gasteiger partial charge in [0.05, 0.1) is 0 Å². The summed E-state index contributed by atoms with van der Waals surface area (Å²) in [5.74, 6) is -1.73. The smallest absolute Gasteiger partial charge is 0.411 e. The third-order valence-electron chi connectivity index (χ3n) is 5.47. The third kappa shape index (κ3) is 5.00. The van der Waals surface area contributed by atoms with Gasteiger partial charge in [-0.2, -0.15) is 0 Å². The molecule has 0 unspecified atom stereocenters. The van der Waals surface area contributed by atoms with E-state index in [1.165, 1.54) is 13.0 Å². The molecule has 168 valence electrons. The first-order chi connectivity index (χ1) is 15.8. The van der Waals surface area contributed by atoms with Gasteiger partial charge in [-0.15, -0.1) is 0 Å². The maximum Gasteiger partial charge on any atom is 0.411 e. The summed E-state index contributed by atoms with van der Waals surface area (Å²) in [6.45, 7) is 1.55. The van der Waals surface area contributed by atoms with E-state index in [0.29, 0.717) is 9.26 Å². The van der Waals surface area contributed by atoms with Gasteiger partial charge in [-0.3, -0.25) is 14.9 Å². The normalized spacial score (nSPS) is 12.9. The Balaban J connectivity index is 1.44. The third-order valence-corrected chi connectivity index (χ3v) is 6.09. The second-order valence-electron chi connectivity index (χ2n) is 7.71. The maximum atomic E-state index is 12.5. The maximum absolute atomic E-state index is 12.5. The number of hydrogen-bond donors (Lipinski definition) is 3. The van der Waals surface area contributed by atoms with E-state index >= 15 is 0 Å². The Morgan fingerprint density at radius 2 is 1.61 bits per heavy atom. The number of aliphatic carboxylic acids is 1. The zero-order valence-electron chi connectivity index (χ0n) is 17.7. The summed E-state index contributed by atoms with van der Waals surface area (Å²) < 4.78 is 6.25. The van der Waals surface area contributed by atoms with E-state index in [1.807, 2.05) is 59.0 Å². The van der Waals surface area contributed by atoms with Gasteiger partial charge in [-0.05, 0) is 70.0 Å². The van der Waals surface area contributed by atoms with Crippen LogP contribution >= 0.6 is 22.6 Å². The number of nitrogens with one attached hydrogen (secondary N) is 2. The largest absolute Gasteiger partial charge is 0.480 e. The fraction of sp³-hybridized carbons (Fsp3) is 0.160. The molecule has 0 aromatic heterocycles. The number of carboxylic acid groups (broad SMARTS) is 1.